The summed E-state index contributed by atoms with van der Waals surface area (Å²) in [5.74, 6) is 1.10. The van der Waals surface area contributed by atoms with E-state index in [1.807, 2.05) is 6.07 Å². The van der Waals surface area contributed by atoms with Gasteiger partial charge in [-0.2, -0.15) is 0 Å². The van der Waals surface area contributed by atoms with Crippen LogP contribution in [0.1, 0.15) is 29.9 Å². The number of aromatic nitrogens is 1. The van der Waals surface area contributed by atoms with Gasteiger partial charge < -0.3 is 28.4 Å². The van der Waals surface area contributed by atoms with Crippen molar-refractivity contribution >= 4 is 22.8 Å². The fourth-order valence-electron chi connectivity index (χ4n) is 4.02. The third kappa shape index (κ3) is 3.65. The van der Waals surface area contributed by atoms with Crippen LogP contribution in [0.15, 0.2) is 30.3 Å². The van der Waals surface area contributed by atoms with Gasteiger partial charge >= 0.3 is 11.9 Å². The van der Waals surface area contributed by atoms with Crippen molar-refractivity contribution in [1.29, 1.82) is 0 Å². The van der Waals surface area contributed by atoms with Gasteiger partial charge in [0.1, 0.15) is 0 Å². The van der Waals surface area contributed by atoms with Crippen molar-refractivity contribution in [2.24, 2.45) is 0 Å². The van der Waals surface area contributed by atoms with Crippen LogP contribution < -0.4 is 18.9 Å². The third-order valence-corrected chi connectivity index (χ3v) is 5.34. The van der Waals surface area contributed by atoms with E-state index in [4.69, 9.17) is 28.4 Å². The first-order valence-corrected chi connectivity index (χ1v) is 10.6. The normalized spacial score (nSPS) is 13.3. The first kappa shape index (κ1) is 20.9. The zero-order chi connectivity index (χ0) is 22.9. The van der Waals surface area contributed by atoms with E-state index < -0.39 is 11.9 Å². The molecule has 0 saturated heterocycles. The number of hydrogen-bond acceptors (Lipinski definition) is 9. The maximum Gasteiger partial charge on any atom is 0.357 e. The smallest absolute Gasteiger partial charge is 0.357 e. The van der Waals surface area contributed by atoms with E-state index in [-0.39, 0.29) is 38.9 Å². The molecule has 0 amide bonds. The van der Waals surface area contributed by atoms with Crippen molar-refractivity contribution in [3.8, 4) is 34.1 Å². The Labute approximate surface area is 189 Å². The molecule has 170 valence electrons. The number of ether oxygens (including phenoxy) is 6. The molecule has 3 aromatic rings. The van der Waals surface area contributed by atoms with Gasteiger partial charge in [-0.05, 0) is 43.7 Å². The van der Waals surface area contributed by atoms with Gasteiger partial charge in [0, 0.05) is 11.1 Å². The molecule has 9 heteroatoms. The van der Waals surface area contributed by atoms with Crippen molar-refractivity contribution < 1.29 is 38.0 Å². The average Bonchev–Trinajstić information content (AvgIpc) is 3.47. The fourth-order valence-corrected chi connectivity index (χ4v) is 4.02. The average molecular weight is 451 g/mol. The number of benzene rings is 2. The second kappa shape index (κ2) is 8.50. The van der Waals surface area contributed by atoms with Gasteiger partial charge in [0.05, 0.1) is 30.5 Å². The number of hydrogen-bond donors (Lipinski definition) is 0. The number of carbonyl (C=O) groups excluding carboxylic acids is 2. The maximum atomic E-state index is 12.9. The maximum absolute atomic E-state index is 12.9. The molecule has 2 aliphatic heterocycles. The first-order valence-electron chi connectivity index (χ1n) is 10.6. The summed E-state index contributed by atoms with van der Waals surface area (Å²) >= 11 is 0. The van der Waals surface area contributed by atoms with E-state index in [1.165, 1.54) is 0 Å². The van der Waals surface area contributed by atoms with Crippen LogP contribution >= 0.6 is 0 Å². The van der Waals surface area contributed by atoms with Crippen LogP contribution in [0, 0.1) is 0 Å². The summed E-state index contributed by atoms with van der Waals surface area (Å²) in [5.41, 5.74) is 2.21. The molecule has 0 aliphatic carbocycles. The Morgan fingerprint density at radius 1 is 0.909 bits per heavy atom. The molecule has 33 heavy (non-hydrogen) atoms. The Balaban J connectivity index is 1.84. The van der Waals surface area contributed by atoms with E-state index in [1.54, 1.807) is 38.1 Å². The highest BCUT2D eigenvalue weighted by atomic mass is 16.7. The molecule has 9 nitrogen and oxygen atoms in total. The van der Waals surface area contributed by atoms with Crippen LogP contribution in [0.2, 0.25) is 0 Å². The zero-order valence-corrected chi connectivity index (χ0v) is 18.1. The summed E-state index contributed by atoms with van der Waals surface area (Å²) < 4.78 is 32.8. The van der Waals surface area contributed by atoms with Gasteiger partial charge in [-0.1, -0.05) is 6.07 Å². The molecule has 0 bridgehead atoms. The van der Waals surface area contributed by atoms with Crippen LogP contribution in [-0.2, 0) is 20.7 Å². The monoisotopic (exact) mass is 451 g/mol. The minimum Gasteiger partial charge on any atom is -0.466 e. The quantitative estimate of drug-likeness (QED) is 0.520. The van der Waals surface area contributed by atoms with Crippen molar-refractivity contribution in [2.75, 3.05) is 26.8 Å². The highest BCUT2D eigenvalue weighted by Crippen LogP contribution is 2.47. The molecular formula is C24H21NO8. The van der Waals surface area contributed by atoms with Crippen molar-refractivity contribution in [3.63, 3.8) is 0 Å². The zero-order valence-electron chi connectivity index (χ0n) is 18.1. The predicted molar refractivity (Wildman–Crippen MR) is 116 cm³/mol. The van der Waals surface area contributed by atoms with Crippen LogP contribution in [0.5, 0.6) is 23.0 Å². The van der Waals surface area contributed by atoms with Gasteiger partial charge in [-0.15, -0.1) is 0 Å². The van der Waals surface area contributed by atoms with E-state index >= 15 is 0 Å². The fraction of sp³-hybridized carbons (Fsp3) is 0.292. The molecule has 1 aromatic heterocycles. The van der Waals surface area contributed by atoms with Crippen molar-refractivity contribution in [3.05, 3.63) is 41.6 Å². The topological polar surface area (TPSA) is 102 Å². The lowest BCUT2D eigenvalue weighted by molar-refractivity contribution is -0.142. The molecule has 0 radical (unpaired) electrons. The number of pyridine rings is 1. The second-order valence-corrected chi connectivity index (χ2v) is 7.28. The molecule has 3 heterocycles. The van der Waals surface area contributed by atoms with E-state index in [0.717, 1.165) is 0 Å². The van der Waals surface area contributed by atoms with Crippen LogP contribution in [0.4, 0.5) is 0 Å². The molecule has 5 rings (SSSR count). The lowest BCUT2D eigenvalue weighted by Gasteiger charge is -2.18. The highest BCUT2D eigenvalue weighted by molar-refractivity contribution is 6.07. The predicted octanol–water partition coefficient (Wildman–Crippen LogP) is 3.64. The summed E-state index contributed by atoms with van der Waals surface area (Å²) in [4.78, 5) is 30.1. The number of fused-ring (bicyclic) bond motifs is 4. The summed E-state index contributed by atoms with van der Waals surface area (Å²) in [6.45, 7) is 3.98. The summed E-state index contributed by atoms with van der Waals surface area (Å²) in [7, 11) is 0. The Bertz CT molecular complexity index is 1270. The molecule has 2 aliphatic rings. The van der Waals surface area contributed by atoms with Gasteiger partial charge in [-0.3, -0.25) is 4.79 Å². The third-order valence-electron chi connectivity index (χ3n) is 5.34. The molecule has 2 aromatic carbocycles. The number of esters is 2. The number of rotatable bonds is 6. The Kier molecular flexibility index (Phi) is 5.37. The van der Waals surface area contributed by atoms with Gasteiger partial charge in [0.25, 0.3) is 0 Å². The first-order chi connectivity index (χ1) is 16.1. The van der Waals surface area contributed by atoms with E-state index in [2.05, 4.69) is 4.98 Å². The summed E-state index contributed by atoms with van der Waals surface area (Å²) in [6, 6.07) is 8.90. The molecular weight excluding hydrogens is 430 g/mol. The molecule has 0 N–H and O–H groups in total. The van der Waals surface area contributed by atoms with E-state index in [9.17, 15) is 9.59 Å². The molecule has 0 atom stereocenters. The summed E-state index contributed by atoms with van der Waals surface area (Å²) in [5, 5.41) is 0.621. The second-order valence-electron chi connectivity index (χ2n) is 7.28. The lowest BCUT2D eigenvalue weighted by Crippen LogP contribution is -2.17. The Morgan fingerprint density at radius 2 is 1.64 bits per heavy atom. The standard InChI is InChI=1S/C24H21NO8/c1-3-28-19(26)10-14-20(13-5-7-16-18(9-13)32-11-30-16)21-15(25-22(14)24(27)29-4-2)6-8-17-23(21)33-12-31-17/h5-9H,3-4,10-12H2,1-2H3. The minimum absolute atomic E-state index is 0.0453. The summed E-state index contributed by atoms with van der Waals surface area (Å²) in [6.07, 6.45) is -0.181. The SMILES string of the molecule is CCOC(=O)Cc1c(C(=O)OCC)nc2ccc3c(c2c1-c1ccc2c(c1)OCO2)OCO3. The largest absolute Gasteiger partial charge is 0.466 e. The van der Waals surface area contributed by atoms with Gasteiger partial charge in [0.15, 0.2) is 28.7 Å². The minimum atomic E-state index is -0.627. The van der Waals surface area contributed by atoms with Gasteiger partial charge in [0.2, 0.25) is 13.6 Å². The van der Waals surface area contributed by atoms with Crippen molar-refractivity contribution in [1.82, 2.24) is 4.98 Å². The number of carbonyl (C=O) groups is 2. The lowest BCUT2D eigenvalue weighted by atomic mass is 9.91. The Hall–Kier alpha value is -4.01. The molecule has 0 unspecified atom stereocenters. The Morgan fingerprint density at radius 3 is 2.45 bits per heavy atom. The van der Waals surface area contributed by atoms with Crippen LogP contribution in [0.3, 0.4) is 0 Å². The van der Waals surface area contributed by atoms with Crippen molar-refractivity contribution in [2.45, 2.75) is 20.3 Å². The van der Waals surface area contributed by atoms with E-state index in [0.29, 0.717) is 50.6 Å². The molecule has 0 spiro atoms. The molecule has 0 fully saturated rings. The number of nitrogens with zero attached hydrogens (tertiary/aromatic N) is 1. The highest BCUT2D eigenvalue weighted by Gasteiger charge is 2.29. The van der Waals surface area contributed by atoms with Crippen LogP contribution in [0.25, 0.3) is 22.0 Å². The molecule has 0 saturated carbocycles. The van der Waals surface area contributed by atoms with Gasteiger partial charge in [-0.25, -0.2) is 9.78 Å². The van der Waals surface area contributed by atoms with Crippen LogP contribution in [-0.4, -0.2) is 43.7 Å².